The smallest absolute Gasteiger partial charge is 0.306 e. The van der Waals surface area contributed by atoms with Crippen molar-refractivity contribution in [2.75, 3.05) is 13.2 Å². The maximum Gasteiger partial charge on any atom is 0.306 e. The Labute approximate surface area is 171 Å². The molecule has 0 aliphatic rings. The molecule has 0 saturated heterocycles. The quantitative estimate of drug-likeness (QED) is 0.177. The minimum Gasteiger partial charge on any atom is -0.462 e. The number of unbranched alkanes of at least 4 members (excludes halogenated alkanes) is 9. The van der Waals surface area contributed by atoms with Gasteiger partial charge in [-0.15, -0.1) is 0 Å². The summed E-state index contributed by atoms with van der Waals surface area (Å²) in [5.74, 6) is -0.647. The van der Waals surface area contributed by atoms with Gasteiger partial charge in [0.2, 0.25) is 0 Å². The minimum absolute atomic E-state index is 0.0727. The van der Waals surface area contributed by atoms with Gasteiger partial charge in [0.25, 0.3) is 0 Å². The second-order valence-electron chi connectivity index (χ2n) is 7.35. The van der Waals surface area contributed by atoms with E-state index in [1.54, 1.807) is 0 Å². The van der Waals surface area contributed by atoms with E-state index < -0.39 is 6.10 Å². The average molecular weight is 399 g/mol. The van der Waals surface area contributed by atoms with Gasteiger partial charge in [-0.2, -0.15) is 0 Å². The van der Waals surface area contributed by atoms with Crippen LogP contribution in [-0.4, -0.2) is 36.4 Å². The number of aliphatic hydroxyl groups excluding tert-OH is 1. The van der Waals surface area contributed by atoms with Crippen molar-refractivity contribution >= 4 is 11.9 Å². The van der Waals surface area contributed by atoms with E-state index in [1.807, 2.05) is 6.92 Å². The summed E-state index contributed by atoms with van der Waals surface area (Å²) >= 11 is 0. The number of esters is 2. The largest absolute Gasteiger partial charge is 0.462 e. The molecule has 0 aromatic carbocycles. The first-order valence-corrected chi connectivity index (χ1v) is 11.2. The lowest BCUT2D eigenvalue weighted by Gasteiger charge is -2.15. The molecule has 28 heavy (non-hydrogen) atoms. The van der Waals surface area contributed by atoms with Gasteiger partial charge in [-0.3, -0.25) is 9.59 Å². The van der Waals surface area contributed by atoms with Gasteiger partial charge in [-0.05, 0) is 38.5 Å². The monoisotopic (exact) mass is 398 g/mol. The zero-order chi connectivity index (χ0) is 20.9. The predicted molar refractivity (Wildman–Crippen MR) is 113 cm³/mol. The molecule has 0 amide bonds. The van der Waals surface area contributed by atoms with Gasteiger partial charge in [-0.25, -0.2) is 0 Å². The lowest BCUT2D eigenvalue weighted by molar-refractivity contribution is -0.161. The highest BCUT2D eigenvalue weighted by Gasteiger charge is 2.15. The van der Waals surface area contributed by atoms with Gasteiger partial charge in [0.15, 0.2) is 6.10 Å². The Hall–Kier alpha value is -1.36. The van der Waals surface area contributed by atoms with Gasteiger partial charge >= 0.3 is 11.9 Å². The number of rotatable bonds is 19. The molecule has 0 aromatic rings. The molecule has 1 unspecified atom stereocenters. The number of hydrogen-bond donors (Lipinski definition) is 1. The molecule has 0 spiro atoms. The number of hydrogen-bond acceptors (Lipinski definition) is 5. The van der Waals surface area contributed by atoms with E-state index in [2.05, 4.69) is 19.1 Å². The SMILES string of the molecule is CCCCC/C=C\CCCCCCCC(=O)OC(CO)COC(=O)CCCC. The Balaban J connectivity index is 3.60. The topological polar surface area (TPSA) is 72.8 Å². The van der Waals surface area contributed by atoms with Gasteiger partial charge in [0, 0.05) is 12.8 Å². The summed E-state index contributed by atoms with van der Waals surface area (Å²) in [5.41, 5.74) is 0. The van der Waals surface area contributed by atoms with Crippen molar-refractivity contribution in [1.29, 1.82) is 0 Å². The van der Waals surface area contributed by atoms with Crippen LogP contribution in [0, 0.1) is 0 Å². The molecule has 0 saturated carbocycles. The fraction of sp³-hybridized carbons (Fsp3) is 0.826. The van der Waals surface area contributed by atoms with Crippen LogP contribution < -0.4 is 0 Å². The van der Waals surface area contributed by atoms with Crippen LogP contribution in [-0.2, 0) is 19.1 Å². The number of carbonyl (C=O) groups excluding carboxylic acids is 2. The average Bonchev–Trinajstić information content (AvgIpc) is 2.70. The molecular weight excluding hydrogens is 356 g/mol. The van der Waals surface area contributed by atoms with Crippen LogP contribution in [0.2, 0.25) is 0 Å². The normalized spacial score (nSPS) is 12.2. The highest BCUT2D eigenvalue weighted by Crippen LogP contribution is 2.10. The number of ether oxygens (including phenoxy) is 2. The zero-order valence-corrected chi connectivity index (χ0v) is 18.1. The van der Waals surface area contributed by atoms with E-state index in [0.29, 0.717) is 12.8 Å². The number of allylic oxidation sites excluding steroid dienone is 2. The third kappa shape index (κ3) is 18.0. The molecule has 0 bridgehead atoms. The van der Waals surface area contributed by atoms with Crippen LogP contribution in [0.3, 0.4) is 0 Å². The van der Waals surface area contributed by atoms with Crippen molar-refractivity contribution in [2.45, 2.75) is 110 Å². The van der Waals surface area contributed by atoms with Gasteiger partial charge in [0.05, 0.1) is 6.61 Å². The van der Waals surface area contributed by atoms with Crippen molar-refractivity contribution in [2.24, 2.45) is 0 Å². The third-order valence-electron chi connectivity index (χ3n) is 4.56. The molecule has 1 N–H and O–H groups in total. The number of aliphatic hydroxyl groups is 1. The molecule has 0 fully saturated rings. The summed E-state index contributed by atoms with van der Waals surface area (Å²) in [6.45, 7) is 3.81. The molecule has 5 heteroatoms. The van der Waals surface area contributed by atoms with E-state index in [1.165, 1.54) is 38.5 Å². The molecular formula is C23H42O5. The Bertz CT molecular complexity index is 406. The molecule has 0 rings (SSSR count). The fourth-order valence-electron chi connectivity index (χ4n) is 2.76. The van der Waals surface area contributed by atoms with Crippen molar-refractivity contribution in [1.82, 2.24) is 0 Å². The summed E-state index contributed by atoms with van der Waals surface area (Å²) in [7, 11) is 0. The Morgan fingerprint density at radius 2 is 1.36 bits per heavy atom. The molecule has 164 valence electrons. The maximum absolute atomic E-state index is 11.8. The van der Waals surface area contributed by atoms with Gasteiger partial charge in [0.1, 0.15) is 6.61 Å². The molecule has 0 aromatic heterocycles. The van der Waals surface area contributed by atoms with Crippen LogP contribution in [0.25, 0.3) is 0 Å². The highest BCUT2D eigenvalue weighted by atomic mass is 16.6. The van der Waals surface area contributed by atoms with E-state index >= 15 is 0 Å². The molecule has 0 aliphatic carbocycles. The molecule has 1 atom stereocenters. The van der Waals surface area contributed by atoms with Crippen molar-refractivity contribution in [3.8, 4) is 0 Å². The van der Waals surface area contributed by atoms with Crippen LogP contribution in [0.4, 0.5) is 0 Å². The molecule has 0 radical (unpaired) electrons. The third-order valence-corrected chi connectivity index (χ3v) is 4.56. The summed E-state index contributed by atoms with van der Waals surface area (Å²) in [6.07, 6.45) is 17.7. The maximum atomic E-state index is 11.8. The van der Waals surface area contributed by atoms with Crippen molar-refractivity contribution < 1.29 is 24.2 Å². The predicted octanol–water partition coefficient (Wildman–Crippen LogP) is 5.49. The lowest BCUT2D eigenvalue weighted by Crippen LogP contribution is -2.28. The number of carbonyl (C=O) groups is 2. The lowest BCUT2D eigenvalue weighted by atomic mass is 10.1. The fourth-order valence-corrected chi connectivity index (χ4v) is 2.76. The Morgan fingerprint density at radius 1 is 0.786 bits per heavy atom. The van der Waals surface area contributed by atoms with Gasteiger partial charge in [-0.1, -0.05) is 64.5 Å². The second kappa shape index (κ2) is 20.4. The van der Waals surface area contributed by atoms with Crippen molar-refractivity contribution in [3.63, 3.8) is 0 Å². The Morgan fingerprint density at radius 3 is 2.00 bits per heavy atom. The Kier molecular flexibility index (Phi) is 19.4. The highest BCUT2D eigenvalue weighted by molar-refractivity contribution is 5.70. The molecule has 0 heterocycles. The molecule has 5 nitrogen and oxygen atoms in total. The van der Waals surface area contributed by atoms with Crippen LogP contribution in [0.1, 0.15) is 104 Å². The van der Waals surface area contributed by atoms with Crippen LogP contribution in [0.15, 0.2) is 12.2 Å². The zero-order valence-electron chi connectivity index (χ0n) is 18.1. The minimum atomic E-state index is -0.762. The summed E-state index contributed by atoms with van der Waals surface area (Å²) in [5, 5.41) is 9.26. The van der Waals surface area contributed by atoms with E-state index in [0.717, 1.165) is 38.5 Å². The van der Waals surface area contributed by atoms with E-state index in [4.69, 9.17) is 9.47 Å². The molecule has 0 aliphatic heterocycles. The first kappa shape index (κ1) is 26.6. The summed E-state index contributed by atoms with van der Waals surface area (Å²) in [6, 6.07) is 0. The van der Waals surface area contributed by atoms with Crippen molar-refractivity contribution in [3.05, 3.63) is 12.2 Å². The first-order chi connectivity index (χ1) is 13.6. The van der Waals surface area contributed by atoms with Crippen LogP contribution in [0.5, 0.6) is 0 Å². The van der Waals surface area contributed by atoms with Gasteiger partial charge < -0.3 is 14.6 Å². The van der Waals surface area contributed by atoms with E-state index in [-0.39, 0.29) is 25.2 Å². The van der Waals surface area contributed by atoms with Crippen LogP contribution >= 0.6 is 0 Å². The van der Waals surface area contributed by atoms with E-state index in [9.17, 15) is 14.7 Å². The summed E-state index contributed by atoms with van der Waals surface area (Å²) in [4.78, 5) is 23.3. The summed E-state index contributed by atoms with van der Waals surface area (Å²) < 4.78 is 10.2. The first-order valence-electron chi connectivity index (χ1n) is 11.2. The second-order valence-corrected chi connectivity index (χ2v) is 7.35. The standard InChI is InChI=1S/C23H42O5/c1-3-5-7-8-9-10-11-12-13-14-15-16-18-23(26)28-21(19-24)20-27-22(25)17-6-4-2/h9-10,21,24H,3-8,11-20H2,1-2H3/b10-9-.